The summed E-state index contributed by atoms with van der Waals surface area (Å²) in [4.78, 5) is 40.0. The number of carbonyl (C=O) groups is 3. The maximum absolute atomic E-state index is 12.5. The summed E-state index contributed by atoms with van der Waals surface area (Å²) in [6, 6.07) is 6.50. The molecule has 1 saturated heterocycles. The van der Waals surface area contributed by atoms with Crippen LogP contribution in [0.5, 0.6) is 0 Å². The first-order chi connectivity index (χ1) is 11.1. The van der Waals surface area contributed by atoms with Gasteiger partial charge in [0.25, 0.3) is 5.91 Å². The molecule has 23 heavy (non-hydrogen) atoms. The van der Waals surface area contributed by atoms with Crippen LogP contribution in [0.2, 0.25) is 0 Å². The number of anilines is 1. The van der Waals surface area contributed by atoms with Gasteiger partial charge in [0.15, 0.2) is 0 Å². The number of benzene rings is 1. The van der Waals surface area contributed by atoms with Gasteiger partial charge in [-0.05, 0) is 13.0 Å². The summed E-state index contributed by atoms with van der Waals surface area (Å²) in [6.45, 7) is 4.02. The Hall–Kier alpha value is -2.41. The molecule has 2 heterocycles. The summed E-state index contributed by atoms with van der Waals surface area (Å²) in [6.07, 6.45) is 0. The van der Waals surface area contributed by atoms with Crippen LogP contribution in [0.15, 0.2) is 24.3 Å². The predicted molar refractivity (Wildman–Crippen MR) is 82.8 cm³/mol. The first-order valence-electron chi connectivity index (χ1n) is 7.71. The van der Waals surface area contributed by atoms with E-state index in [-0.39, 0.29) is 5.91 Å². The van der Waals surface area contributed by atoms with Gasteiger partial charge in [0.1, 0.15) is 6.04 Å². The van der Waals surface area contributed by atoms with Crippen molar-refractivity contribution in [3.63, 3.8) is 0 Å². The van der Waals surface area contributed by atoms with E-state index in [1.54, 1.807) is 11.0 Å². The molecule has 2 aliphatic heterocycles. The molecule has 1 N–H and O–H groups in total. The van der Waals surface area contributed by atoms with Gasteiger partial charge >= 0.3 is 11.8 Å². The normalized spacial score (nSPS) is 20.4. The van der Waals surface area contributed by atoms with Crippen LogP contribution in [0.25, 0.3) is 0 Å². The molecule has 0 radical (unpaired) electrons. The van der Waals surface area contributed by atoms with Gasteiger partial charge in [-0.3, -0.25) is 14.4 Å². The Kier molecular flexibility index (Phi) is 4.29. The lowest BCUT2D eigenvalue weighted by Gasteiger charge is -2.26. The monoisotopic (exact) mass is 317 g/mol. The maximum Gasteiger partial charge on any atom is 0.312 e. The van der Waals surface area contributed by atoms with Gasteiger partial charge in [0, 0.05) is 30.9 Å². The van der Waals surface area contributed by atoms with Crippen molar-refractivity contribution >= 4 is 23.4 Å². The first kappa shape index (κ1) is 15.5. The summed E-state index contributed by atoms with van der Waals surface area (Å²) >= 11 is 0. The number of nitrogens with one attached hydrogen (secondary N) is 1. The van der Waals surface area contributed by atoms with E-state index in [0.29, 0.717) is 32.8 Å². The number of amides is 3. The second kappa shape index (κ2) is 6.37. The van der Waals surface area contributed by atoms with Gasteiger partial charge in [-0.2, -0.15) is 0 Å². The molecule has 122 valence electrons. The van der Waals surface area contributed by atoms with Crippen LogP contribution < -0.4 is 10.2 Å². The highest BCUT2D eigenvalue weighted by molar-refractivity contribution is 6.35. The van der Waals surface area contributed by atoms with Crippen LogP contribution in [0.3, 0.4) is 0 Å². The highest BCUT2D eigenvalue weighted by Crippen LogP contribution is 2.35. The van der Waals surface area contributed by atoms with Crippen molar-refractivity contribution in [2.75, 3.05) is 37.7 Å². The minimum absolute atomic E-state index is 0.211. The highest BCUT2D eigenvalue weighted by Gasteiger charge is 2.38. The van der Waals surface area contributed by atoms with Crippen molar-refractivity contribution in [2.24, 2.45) is 0 Å². The van der Waals surface area contributed by atoms with Crippen LogP contribution >= 0.6 is 0 Å². The predicted octanol–water partition coefficient (Wildman–Crippen LogP) is 0.0692. The summed E-state index contributed by atoms with van der Waals surface area (Å²) < 4.78 is 5.17. The number of rotatable bonds is 2. The molecule has 1 atom stereocenters. The quantitative estimate of drug-likeness (QED) is 0.783. The lowest BCUT2D eigenvalue weighted by molar-refractivity contribution is -0.149. The zero-order valence-electron chi connectivity index (χ0n) is 12.9. The fourth-order valence-electron chi connectivity index (χ4n) is 2.95. The topological polar surface area (TPSA) is 79.0 Å². The van der Waals surface area contributed by atoms with Crippen LogP contribution in [-0.4, -0.2) is 55.5 Å². The van der Waals surface area contributed by atoms with Crippen molar-refractivity contribution in [3.8, 4) is 0 Å². The summed E-state index contributed by atoms with van der Waals surface area (Å²) in [7, 11) is 0. The van der Waals surface area contributed by atoms with E-state index in [1.165, 1.54) is 4.90 Å². The zero-order chi connectivity index (χ0) is 16.4. The lowest BCUT2D eigenvalue weighted by atomic mass is 10.1. The highest BCUT2D eigenvalue weighted by atomic mass is 16.5. The molecule has 3 rings (SSSR count). The smallest absolute Gasteiger partial charge is 0.312 e. The van der Waals surface area contributed by atoms with E-state index in [1.807, 2.05) is 25.1 Å². The molecule has 0 aromatic heterocycles. The van der Waals surface area contributed by atoms with Crippen LogP contribution in [0, 0.1) is 0 Å². The standard InChI is InChI=1S/C16H19N3O4/c1-2-19-12-6-4-3-5-11(12)13(15(19)21)17-14(20)16(22)18-7-9-23-10-8-18/h3-6,13H,2,7-10H2,1H3,(H,17,20)/t13-/m0/s1. The molecular weight excluding hydrogens is 298 g/mol. The van der Waals surface area contributed by atoms with Crippen molar-refractivity contribution in [3.05, 3.63) is 29.8 Å². The Labute approximate surface area is 134 Å². The number of para-hydroxylation sites is 1. The fraction of sp³-hybridized carbons (Fsp3) is 0.438. The summed E-state index contributed by atoms with van der Waals surface area (Å²) in [5.41, 5.74) is 1.51. The van der Waals surface area contributed by atoms with Crippen molar-refractivity contribution in [2.45, 2.75) is 13.0 Å². The SMILES string of the molecule is CCN1C(=O)[C@@H](NC(=O)C(=O)N2CCOCC2)c2ccccc21. The number of hydrogen-bond acceptors (Lipinski definition) is 4. The number of carbonyl (C=O) groups excluding carboxylic acids is 3. The maximum atomic E-state index is 12.5. The third kappa shape index (κ3) is 2.79. The average Bonchev–Trinajstić information content (AvgIpc) is 2.86. The Morgan fingerprint density at radius 2 is 1.96 bits per heavy atom. The zero-order valence-corrected chi connectivity index (χ0v) is 12.9. The minimum atomic E-state index is -0.802. The Morgan fingerprint density at radius 3 is 2.65 bits per heavy atom. The van der Waals surface area contributed by atoms with E-state index < -0.39 is 17.9 Å². The van der Waals surface area contributed by atoms with E-state index in [4.69, 9.17) is 4.74 Å². The molecular formula is C16H19N3O4. The van der Waals surface area contributed by atoms with Gasteiger partial charge in [-0.15, -0.1) is 0 Å². The molecule has 1 aromatic carbocycles. The number of hydrogen-bond donors (Lipinski definition) is 1. The van der Waals surface area contributed by atoms with E-state index in [9.17, 15) is 14.4 Å². The van der Waals surface area contributed by atoms with Gasteiger partial charge in [-0.25, -0.2) is 0 Å². The molecule has 0 bridgehead atoms. The molecule has 3 amide bonds. The Bertz CT molecular complexity index is 640. The van der Waals surface area contributed by atoms with Crippen LogP contribution in [-0.2, 0) is 19.1 Å². The summed E-state index contributed by atoms with van der Waals surface area (Å²) in [5, 5.41) is 2.58. The molecule has 1 aromatic rings. The Morgan fingerprint density at radius 1 is 1.26 bits per heavy atom. The molecule has 0 unspecified atom stereocenters. The Balaban J connectivity index is 1.75. The number of morpholine rings is 1. The van der Waals surface area contributed by atoms with Crippen molar-refractivity contribution < 1.29 is 19.1 Å². The first-order valence-corrected chi connectivity index (χ1v) is 7.71. The third-order valence-corrected chi connectivity index (χ3v) is 4.14. The molecule has 7 heteroatoms. The molecule has 2 aliphatic rings. The third-order valence-electron chi connectivity index (χ3n) is 4.14. The molecule has 0 saturated carbocycles. The average molecular weight is 317 g/mol. The minimum Gasteiger partial charge on any atom is -0.378 e. The molecule has 7 nitrogen and oxygen atoms in total. The van der Waals surface area contributed by atoms with E-state index in [0.717, 1.165) is 11.3 Å². The van der Waals surface area contributed by atoms with Crippen molar-refractivity contribution in [1.82, 2.24) is 10.2 Å². The van der Waals surface area contributed by atoms with E-state index >= 15 is 0 Å². The molecule has 1 fully saturated rings. The van der Waals surface area contributed by atoms with Gasteiger partial charge in [0.05, 0.1) is 13.2 Å². The van der Waals surface area contributed by atoms with Gasteiger partial charge in [0.2, 0.25) is 0 Å². The lowest BCUT2D eigenvalue weighted by Crippen LogP contribution is -2.49. The molecule has 0 spiro atoms. The number of fused-ring (bicyclic) bond motifs is 1. The summed E-state index contributed by atoms with van der Waals surface area (Å²) in [5.74, 6) is -1.58. The van der Waals surface area contributed by atoms with Gasteiger partial charge in [-0.1, -0.05) is 18.2 Å². The van der Waals surface area contributed by atoms with Crippen molar-refractivity contribution in [1.29, 1.82) is 0 Å². The number of ether oxygens (including phenoxy) is 1. The number of nitrogens with zero attached hydrogens (tertiary/aromatic N) is 2. The second-order valence-corrected chi connectivity index (χ2v) is 5.45. The van der Waals surface area contributed by atoms with E-state index in [2.05, 4.69) is 5.32 Å². The molecule has 0 aliphatic carbocycles. The van der Waals surface area contributed by atoms with Crippen LogP contribution in [0.1, 0.15) is 18.5 Å². The largest absolute Gasteiger partial charge is 0.378 e. The fourth-order valence-corrected chi connectivity index (χ4v) is 2.95. The van der Waals surface area contributed by atoms with Gasteiger partial charge < -0.3 is 19.9 Å². The van der Waals surface area contributed by atoms with Crippen LogP contribution in [0.4, 0.5) is 5.69 Å². The number of likely N-dealkylation sites (N-methyl/N-ethyl adjacent to an activating group) is 1. The second-order valence-electron chi connectivity index (χ2n) is 5.45.